The molecule has 0 unspecified atom stereocenters. The summed E-state index contributed by atoms with van der Waals surface area (Å²) in [6.07, 6.45) is 5.18. The van der Waals surface area contributed by atoms with Crippen molar-refractivity contribution in [2.75, 3.05) is 28.7 Å². The molecule has 5 rings (SSSR count). The molecule has 1 aromatic heterocycles. The van der Waals surface area contributed by atoms with Crippen LogP contribution >= 0.6 is 11.6 Å². The van der Waals surface area contributed by atoms with E-state index >= 15 is 0 Å². The molecule has 1 aliphatic heterocycles. The van der Waals surface area contributed by atoms with Gasteiger partial charge in [-0.2, -0.15) is 20.1 Å². The maximum atomic E-state index is 6.03. The van der Waals surface area contributed by atoms with Crippen LogP contribution in [0.1, 0.15) is 30.4 Å². The highest BCUT2D eigenvalue weighted by molar-refractivity contribution is 6.30. The monoisotopic (exact) mass is 513 g/mol. The van der Waals surface area contributed by atoms with Gasteiger partial charge in [-0.25, -0.2) is 5.43 Å². The average Bonchev–Trinajstić information content (AvgIpc) is 2.94. The minimum atomic E-state index is 0.366. The summed E-state index contributed by atoms with van der Waals surface area (Å²) in [4.78, 5) is 16.0. The Bertz CT molecular complexity index is 1330. The van der Waals surface area contributed by atoms with Crippen LogP contribution in [0.3, 0.4) is 0 Å². The normalized spacial score (nSPS) is 13.5. The Balaban J connectivity index is 1.31. The summed E-state index contributed by atoms with van der Waals surface area (Å²) in [5.41, 5.74) is 5.74. The second-order valence-electron chi connectivity index (χ2n) is 8.64. The van der Waals surface area contributed by atoms with Gasteiger partial charge in [0.1, 0.15) is 12.4 Å². The molecule has 1 aliphatic rings. The lowest BCUT2D eigenvalue weighted by Gasteiger charge is -2.26. The number of hydrazone groups is 1. The standard InChI is InChI=1S/C28H28ClN7O/c29-23-15-13-21(14-16-23)20-37-25-12-6-5-9-22(25)19-30-35-27-32-26(31-24-10-3-1-4-11-24)33-28(34-27)36-17-7-2-8-18-36/h1,3-6,9-16,19H,2,7-8,17-18,20H2,(H2,31,32,33,34,35)/b30-19+. The minimum Gasteiger partial charge on any atom is -0.488 e. The average molecular weight is 514 g/mol. The van der Waals surface area contributed by atoms with Gasteiger partial charge in [0.15, 0.2) is 0 Å². The number of hydrogen-bond acceptors (Lipinski definition) is 8. The third-order valence-electron chi connectivity index (χ3n) is 5.89. The van der Waals surface area contributed by atoms with E-state index in [0.29, 0.717) is 29.5 Å². The molecule has 0 amide bonds. The first-order valence-electron chi connectivity index (χ1n) is 12.3. The van der Waals surface area contributed by atoms with Gasteiger partial charge in [0, 0.05) is 29.4 Å². The zero-order valence-electron chi connectivity index (χ0n) is 20.3. The van der Waals surface area contributed by atoms with Gasteiger partial charge in [-0.05, 0) is 61.2 Å². The molecule has 0 radical (unpaired) electrons. The Kier molecular flexibility index (Phi) is 8.07. The highest BCUT2D eigenvalue weighted by Crippen LogP contribution is 2.22. The smallest absolute Gasteiger partial charge is 0.250 e. The predicted octanol–water partition coefficient (Wildman–Crippen LogP) is 6.28. The van der Waals surface area contributed by atoms with Crippen molar-refractivity contribution < 1.29 is 4.74 Å². The van der Waals surface area contributed by atoms with Crippen molar-refractivity contribution in [1.29, 1.82) is 0 Å². The molecule has 1 fully saturated rings. The highest BCUT2D eigenvalue weighted by Gasteiger charge is 2.16. The quantitative estimate of drug-likeness (QED) is 0.201. The molecule has 1 saturated heterocycles. The maximum Gasteiger partial charge on any atom is 0.250 e. The fourth-order valence-electron chi connectivity index (χ4n) is 3.98. The Morgan fingerprint density at radius 2 is 1.57 bits per heavy atom. The van der Waals surface area contributed by atoms with Crippen molar-refractivity contribution in [2.24, 2.45) is 5.10 Å². The lowest BCUT2D eigenvalue weighted by molar-refractivity contribution is 0.306. The number of ether oxygens (including phenoxy) is 1. The van der Waals surface area contributed by atoms with E-state index in [2.05, 4.69) is 35.7 Å². The lowest BCUT2D eigenvalue weighted by Crippen LogP contribution is -2.31. The Labute approximate surface area is 221 Å². The first-order valence-corrected chi connectivity index (χ1v) is 12.7. The van der Waals surface area contributed by atoms with E-state index in [1.165, 1.54) is 6.42 Å². The van der Waals surface area contributed by atoms with Crippen molar-refractivity contribution in [1.82, 2.24) is 15.0 Å². The first kappa shape index (κ1) is 24.5. The molecule has 0 atom stereocenters. The molecule has 8 nitrogen and oxygen atoms in total. The van der Waals surface area contributed by atoms with Crippen LogP contribution in [0.5, 0.6) is 5.75 Å². The molecule has 2 N–H and O–H groups in total. The number of aromatic nitrogens is 3. The van der Waals surface area contributed by atoms with Gasteiger partial charge < -0.3 is 15.0 Å². The molecule has 0 saturated carbocycles. The fraction of sp³-hybridized carbons (Fsp3) is 0.214. The predicted molar refractivity (Wildman–Crippen MR) is 149 cm³/mol. The molecule has 0 aliphatic carbocycles. The number of para-hydroxylation sites is 2. The molecular weight excluding hydrogens is 486 g/mol. The SMILES string of the molecule is Clc1ccc(COc2ccccc2/C=N/Nc2nc(Nc3ccccc3)nc(N3CCCCC3)n2)cc1. The number of hydrogen-bond donors (Lipinski definition) is 2. The Morgan fingerprint density at radius 1 is 0.838 bits per heavy atom. The summed E-state index contributed by atoms with van der Waals surface area (Å²) in [6.45, 7) is 2.28. The van der Waals surface area contributed by atoms with Gasteiger partial charge >= 0.3 is 0 Å². The second-order valence-corrected chi connectivity index (χ2v) is 9.08. The van der Waals surface area contributed by atoms with Crippen LogP contribution in [0.15, 0.2) is 84.0 Å². The van der Waals surface area contributed by atoms with Crippen LogP contribution in [0.25, 0.3) is 0 Å². The summed E-state index contributed by atoms with van der Waals surface area (Å²) in [5.74, 6) is 2.19. The van der Waals surface area contributed by atoms with E-state index in [4.69, 9.17) is 16.3 Å². The van der Waals surface area contributed by atoms with E-state index in [0.717, 1.165) is 48.5 Å². The van der Waals surface area contributed by atoms with E-state index < -0.39 is 0 Å². The largest absolute Gasteiger partial charge is 0.488 e. The minimum absolute atomic E-state index is 0.366. The molecule has 9 heteroatoms. The Morgan fingerprint density at radius 3 is 2.38 bits per heavy atom. The number of piperidine rings is 1. The van der Waals surface area contributed by atoms with Crippen molar-refractivity contribution in [3.8, 4) is 5.75 Å². The second kappa shape index (κ2) is 12.2. The summed E-state index contributed by atoms with van der Waals surface area (Å²) in [7, 11) is 0. The molecule has 37 heavy (non-hydrogen) atoms. The molecule has 0 spiro atoms. The molecule has 3 aromatic carbocycles. The summed E-state index contributed by atoms with van der Waals surface area (Å²) < 4.78 is 6.03. The van der Waals surface area contributed by atoms with Gasteiger partial charge in [-0.15, -0.1) is 0 Å². The van der Waals surface area contributed by atoms with Gasteiger partial charge in [0.25, 0.3) is 0 Å². The highest BCUT2D eigenvalue weighted by atomic mass is 35.5. The number of nitrogens with zero attached hydrogens (tertiary/aromatic N) is 5. The zero-order chi connectivity index (χ0) is 25.3. The van der Waals surface area contributed by atoms with Crippen LogP contribution in [-0.4, -0.2) is 34.3 Å². The number of halogens is 1. The Hall–Kier alpha value is -4.17. The van der Waals surface area contributed by atoms with Gasteiger partial charge in [-0.1, -0.05) is 54.1 Å². The summed E-state index contributed by atoms with van der Waals surface area (Å²) >= 11 is 5.98. The van der Waals surface area contributed by atoms with E-state index in [-0.39, 0.29) is 0 Å². The zero-order valence-corrected chi connectivity index (χ0v) is 21.1. The van der Waals surface area contributed by atoms with E-state index in [1.807, 2.05) is 78.9 Å². The summed E-state index contributed by atoms with van der Waals surface area (Å²) in [6, 6.07) is 25.2. The molecule has 188 valence electrons. The number of anilines is 4. The third kappa shape index (κ3) is 6.95. The lowest BCUT2D eigenvalue weighted by atomic mass is 10.1. The molecule has 0 bridgehead atoms. The van der Waals surface area contributed by atoms with Crippen LogP contribution in [0, 0.1) is 0 Å². The van der Waals surface area contributed by atoms with E-state index in [9.17, 15) is 0 Å². The topological polar surface area (TPSA) is 87.6 Å². The molecular formula is C28H28ClN7O. The van der Waals surface area contributed by atoms with Gasteiger partial charge in [0.05, 0.1) is 6.21 Å². The summed E-state index contributed by atoms with van der Waals surface area (Å²) in [5, 5.41) is 8.37. The number of benzene rings is 3. The third-order valence-corrected chi connectivity index (χ3v) is 6.14. The van der Waals surface area contributed by atoms with E-state index in [1.54, 1.807) is 6.21 Å². The van der Waals surface area contributed by atoms with Crippen LogP contribution in [-0.2, 0) is 6.61 Å². The maximum absolute atomic E-state index is 6.03. The van der Waals surface area contributed by atoms with Crippen LogP contribution in [0.4, 0.5) is 23.5 Å². The van der Waals surface area contributed by atoms with Crippen molar-refractivity contribution in [3.05, 3.63) is 95.0 Å². The number of nitrogens with one attached hydrogen (secondary N) is 2. The molecule has 2 heterocycles. The fourth-order valence-corrected chi connectivity index (χ4v) is 4.10. The van der Waals surface area contributed by atoms with Crippen molar-refractivity contribution >= 4 is 41.3 Å². The van der Waals surface area contributed by atoms with Crippen LogP contribution < -0.4 is 20.4 Å². The van der Waals surface area contributed by atoms with Crippen molar-refractivity contribution in [3.63, 3.8) is 0 Å². The van der Waals surface area contributed by atoms with Crippen molar-refractivity contribution in [2.45, 2.75) is 25.9 Å². The van der Waals surface area contributed by atoms with Gasteiger partial charge in [-0.3, -0.25) is 0 Å². The van der Waals surface area contributed by atoms with Crippen LogP contribution in [0.2, 0.25) is 5.02 Å². The first-order chi connectivity index (χ1) is 18.2. The molecule has 4 aromatic rings. The number of rotatable bonds is 9. The van der Waals surface area contributed by atoms with Gasteiger partial charge in [0.2, 0.25) is 17.8 Å².